The van der Waals surface area contributed by atoms with Gasteiger partial charge in [-0.1, -0.05) is 18.2 Å². The second kappa shape index (κ2) is 8.09. The molecule has 2 aromatic rings. The molecule has 0 spiro atoms. The van der Waals surface area contributed by atoms with Gasteiger partial charge in [0, 0.05) is 24.5 Å². The van der Waals surface area contributed by atoms with E-state index in [1.54, 1.807) is 30.0 Å². The number of nitrogens with zero attached hydrogens (tertiary/aromatic N) is 2. The third kappa shape index (κ3) is 4.57. The summed E-state index contributed by atoms with van der Waals surface area (Å²) in [7, 11) is 3.92. The average molecular weight is 368 g/mol. The van der Waals surface area contributed by atoms with Gasteiger partial charge in [-0.05, 0) is 51.4 Å². The number of likely N-dealkylation sites (N-methyl/N-ethyl adjacent to an activating group) is 1. The summed E-state index contributed by atoms with van der Waals surface area (Å²) in [6.07, 6.45) is -0.528. The zero-order valence-electron chi connectivity index (χ0n) is 15.7. The molecule has 0 radical (unpaired) electrons. The van der Waals surface area contributed by atoms with Crippen LogP contribution in [0, 0.1) is 0 Å². The maximum Gasteiger partial charge on any atom is 0.323 e. The Morgan fingerprint density at radius 2 is 1.81 bits per heavy atom. The van der Waals surface area contributed by atoms with Crippen LogP contribution in [0.25, 0.3) is 0 Å². The van der Waals surface area contributed by atoms with Crippen LogP contribution in [0.2, 0.25) is 0 Å². The predicted molar refractivity (Wildman–Crippen MR) is 107 cm³/mol. The van der Waals surface area contributed by atoms with Crippen molar-refractivity contribution in [2.45, 2.75) is 13.0 Å². The van der Waals surface area contributed by atoms with Crippen LogP contribution in [-0.2, 0) is 4.79 Å². The Morgan fingerprint density at radius 3 is 2.52 bits per heavy atom. The molecule has 1 heterocycles. The molecular weight excluding hydrogens is 344 g/mol. The molecule has 0 aliphatic carbocycles. The molecule has 7 nitrogen and oxygen atoms in total. The highest BCUT2D eigenvalue weighted by molar-refractivity contribution is 6.03. The number of hydrogen-bond acceptors (Lipinski definition) is 4. The van der Waals surface area contributed by atoms with Gasteiger partial charge in [-0.3, -0.25) is 4.79 Å². The van der Waals surface area contributed by atoms with Crippen molar-refractivity contribution in [1.29, 1.82) is 0 Å². The van der Waals surface area contributed by atoms with Crippen LogP contribution < -0.4 is 20.3 Å². The molecule has 142 valence electrons. The number of urea groups is 1. The summed E-state index contributed by atoms with van der Waals surface area (Å²) in [5, 5.41) is 5.57. The molecule has 7 heteroatoms. The second-order valence-corrected chi connectivity index (χ2v) is 6.68. The zero-order chi connectivity index (χ0) is 19.4. The number of fused-ring (bicyclic) bond motifs is 1. The molecule has 3 rings (SSSR count). The van der Waals surface area contributed by atoms with E-state index in [-0.39, 0.29) is 11.9 Å². The van der Waals surface area contributed by atoms with Crippen molar-refractivity contribution in [3.8, 4) is 5.75 Å². The van der Waals surface area contributed by atoms with Crippen LogP contribution >= 0.6 is 0 Å². The molecule has 27 heavy (non-hydrogen) atoms. The van der Waals surface area contributed by atoms with Crippen LogP contribution in [0.15, 0.2) is 48.5 Å². The lowest BCUT2D eigenvalue weighted by Crippen LogP contribution is -2.46. The van der Waals surface area contributed by atoms with Crippen LogP contribution in [0.1, 0.15) is 6.92 Å². The van der Waals surface area contributed by atoms with Gasteiger partial charge in [-0.15, -0.1) is 0 Å². The van der Waals surface area contributed by atoms with E-state index in [2.05, 4.69) is 10.6 Å². The first-order valence-electron chi connectivity index (χ1n) is 8.84. The monoisotopic (exact) mass is 368 g/mol. The fourth-order valence-electron chi connectivity index (χ4n) is 2.83. The number of hydrogen-bond donors (Lipinski definition) is 2. The highest BCUT2D eigenvalue weighted by Gasteiger charge is 2.31. The van der Waals surface area contributed by atoms with E-state index in [4.69, 9.17) is 4.74 Å². The van der Waals surface area contributed by atoms with Gasteiger partial charge in [-0.2, -0.15) is 0 Å². The zero-order valence-corrected chi connectivity index (χ0v) is 15.7. The molecular formula is C20H24N4O3. The molecule has 1 atom stereocenters. The summed E-state index contributed by atoms with van der Waals surface area (Å²) in [5.74, 6) is 0.546. The summed E-state index contributed by atoms with van der Waals surface area (Å²) in [5.41, 5.74) is 1.95. The molecule has 0 aromatic heterocycles. The standard InChI is InChI=1S/C20H24N4O3/c1-14-19(25)24(12-11-23(2)3)17-13-16(9-10-18(17)27-14)22-20(26)21-15-7-5-4-6-8-15/h4-10,13-14H,11-12H2,1-3H3,(H2,21,22,26). The summed E-state index contributed by atoms with van der Waals surface area (Å²) in [4.78, 5) is 28.5. The molecule has 1 unspecified atom stereocenters. The Morgan fingerprint density at radius 1 is 1.11 bits per heavy atom. The van der Waals surface area contributed by atoms with Gasteiger partial charge in [-0.25, -0.2) is 4.79 Å². The Kier molecular flexibility index (Phi) is 5.61. The number of carbonyl (C=O) groups excluding carboxylic acids is 2. The van der Waals surface area contributed by atoms with Crippen molar-refractivity contribution < 1.29 is 14.3 Å². The molecule has 1 aliphatic heterocycles. The second-order valence-electron chi connectivity index (χ2n) is 6.68. The third-order valence-electron chi connectivity index (χ3n) is 4.23. The lowest BCUT2D eigenvalue weighted by molar-refractivity contribution is -0.125. The SMILES string of the molecule is CC1Oc2ccc(NC(=O)Nc3ccccc3)cc2N(CCN(C)C)C1=O. The fourth-order valence-corrected chi connectivity index (χ4v) is 2.83. The molecule has 2 N–H and O–H groups in total. The molecule has 0 saturated heterocycles. The molecule has 0 fully saturated rings. The fraction of sp³-hybridized carbons (Fsp3) is 0.300. The van der Waals surface area contributed by atoms with Crippen LogP contribution in [-0.4, -0.2) is 50.1 Å². The van der Waals surface area contributed by atoms with Gasteiger partial charge in [0.1, 0.15) is 5.75 Å². The van der Waals surface area contributed by atoms with Crippen molar-refractivity contribution in [2.24, 2.45) is 0 Å². The topological polar surface area (TPSA) is 73.9 Å². The number of nitrogens with one attached hydrogen (secondary N) is 2. The van der Waals surface area contributed by atoms with Gasteiger partial charge in [0.2, 0.25) is 0 Å². The van der Waals surface area contributed by atoms with Crippen LogP contribution in [0.3, 0.4) is 0 Å². The number of ether oxygens (including phenoxy) is 1. The van der Waals surface area contributed by atoms with E-state index in [0.29, 0.717) is 29.4 Å². The van der Waals surface area contributed by atoms with Crippen LogP contribution in [0.5, 0.6) is 5.75 Å². The minimum atomic E-state index is -0.528. The summed E-state index contributed by atoms with van der Waals surface area (Å²) >= 11 is 0. The number of rotatable bonds is 5. The Hall–Kier alpha value is -3.06. The van der Waals surface area contributed by atoms with Gasteiger partial charge in [0.15, 0.2) is 6.10 Å². The van der Waals surface area contributed by atoms with Gasteiger partial charge in [0.25, 0.3) is 5.91 Å². The van der Waals surface area contributed by atoms with Crippen molar-refractivity contribution >= 4 is 29.0 Å². The predicted octanol–water partition coefficient (Wildman–Crippen LogP) is 3.01. The van der Waals surface area contributed by atoms with Crippen LogP contribution in [0.4, 0.5) is 21.9 Å². The Bertz CT molecular complexity index is 823. The molecule has 0 saturated carbocycles. The highest BCUT2D eigenvalue weighted by atomic mass is 16.5. The summed E-state index contributed by atoms with van der Waals surface area (Å²) < 4.78 is 5.70. The van der Waals surface area contributed by atoms with E-state index in [1.807, 2.05) is 49.3 Å². The average Bonchev–Trinajstić information content (AvgIpc) is 2.63. The van der Waals surface area contributed by atoms with E-state index < -0.39 is 6.10 Å². The summed E-state index contributed by atoms with van der Waals surface area (Å²) in [6.45, 7) is 3.02. The van der Waals surface area contributed by atoms with Crippen molar-refractivity contribution in [3.05, 3.63) is 48.5 Å². The van der Waals surface area contributed by atoms with Gasteiger partial charge in [0.05, 0.1) is 5.69 Å². The van der Waals surface area contributed by atoms with E-state index in [1.165, 1.54) is 0 Å². The lowest BCUT2D eigenvalue weighted by Gasteiger charge is -2.34. The highest BCUT2D eigenvalue weighted by Crippen LogP contribution is 2.36. The number of benzene rings is 2. The quantitative estimate of drug-likeness (QED) is 0.851. The minimum absolute atomic E-state index is 0.0877. The first kappa shape index (κ1) is 18.7. The lowest BCUT2D eigenvalue weighted by atomic mass is 10.1. The summed E-state index contributed by atoms with van der Waals surface area (Å²) in [6, 6.07) is 14.1. The number of carbonyl (C=O) groups is 2. The van der Waals surface area contributed by atoms with E-state index in [9.17, 15) is 9.59 Å². The number of amides is 3. The maximum atomic E-state index is 12.6. The minimum Gasteiger partial charge on any atom is -0.479 e. The molecule has 3 amide bonds. The smallest absolute Gasteiger partial charge is 0.323 e. The van der Waals surface area contributed by atoms with Gasteiger partial charge >= 0.3 is 6.03 Å². The molecule has 0 bridgehead atoms. The first-order valence-corrected chi connectivity index (χ1v) is 8.84. The number of anilines is 3. The normalized spacial score (nSPS) is 15.9. The third-order valence-corrected chi connectivity index (χ3v) is 4.23. The number of para-hydroxylation sites is 1. The first-order chi connectivity index (χ1) is 12.9. The Balaban J connectivity index is 1.77. The van der Waals surface area contributed by atoms with Crippen molar-refractivity contribution in [2.75, 3.05) is 42.7 Å². The molecule has 2 aromatic carbocycles. The van der Waals surface area contributed by atoms with Gasteiger partial charge < -0.3 is 25.2 Å². The molecule has 1 aliphatic rings. The van der Waals surface area contributed by atoms with E-state index in [0.717, 1.165) is 6.54 Å². The Labute approximate surface area is 158 Å². The largest absolute Gasteiger partial charge is 0.479 e. The maximum absolute atomic E-state index is 12.6. The van der Waals surface area contributed by atoms with E-state index >= 15 is 0 Å². The van der Waals surface area contributed by atoms with Crippen molar-refractivity contribution in [1.82, 2.24) is 4.90 Å². The van der Waals surface area contributed by atoms with Crippen molar-refractivity contribution in [3.63, 3.8) is 0 Å².